The van der Waals surface area contributed by atoms with Gasteiger partial charge in [0.2, 0.25) is 0 Å². The Labute approximate surface area is 105 Å². The van der Waals surface area contributed by atoms with Crippen LogP contribution < -0.4 is 5.32 Å². The van der Waals surface area contributed by atoms with Gasteiger partial charge in [0.25, 0.3) is 0 Å². The van der Waals surface area contributed by atoms with Crippen molar-refractivity contribution in [2.24, 2.45) is 0 Å². The van der Waals surface area contributed by atoms with Crippen LogP contribution in [0.3, 0.4) is 0 Å². The van der Waals surface area contributed by atoms with E-state index in [9.17, 15) is 4.79 Å². The summed E-state index contributed by atoms with van der Waals surface area (Å²) in [4.78, 5) is 13.4. The van der Waals surface area contributed by atoms with Gasteiger partial charge in [-0.05, 0) is 18.4 Å². The Bertz CT molecular complexity index is 326. The second kappa shape index (κ2) is 7.70. The lowest BCUT2D eigenvalue weighted by atomic mass is 10.3. The van der Waals surface area contributed by atoms with Gasteiger partial charge in [-0.15, -0.1) is 11.3 Å². The molecule has 3 nitrogen and oxygen atoms in total. The molecule has 0 amide bonds. The van der Waals surface area contributed by atoms with Crippen molar-refractivity contribution in [3.63, 3.8) is 0 Å². The third-order valence-corrected chi connectivity index (χ3v) is 3.74. The van der Waals surface area contributed by atoms with Crippen LogP contribution in [0.25, 0.3) is 0 Å². The number of methoxy groups -OCH3 is 1. The summed E-state index contributed by atoms with van der Waals surface area (Å²) in [6, 6.07) is 4.06. The van der Waals surface area contributed by atoms with Gasteiger partial charge in [0.05, 0.1) is 13.5 Å². The first-order valence-electron chi connectivity index (χ1n) is 5.10. The lowest BCUT2D eigenvalue weighted by Crippen LogP contribution is -2.15. The van der Waals surface area contributed by atoms with Crippen LogP contribution in [0.4, 0.5) is 0 Å². The predicted octanol–water partition coefficient (Wildman–Crippen LogP) is 1.92. The highest BCUT2D eigenvalue weighted by Gasteiger charge is 2.05. The Morgan fingerprint density at radius 2 is 2.25 bits per heavy atom. The number of nitrogens with one attached hydrogen (secondary N) is 1. The summed E-state index contributed by atoms with van der Waals surface area (Å²) in [5.41, 5.74) is 0. The summed E-state index contributed by atoms with van der Waals surface area (Å²) in [6.45, 7) is 1.90. The van der Waals surface area contributed by atoms with Crippen molar-refractivity contribution in [3.05, 3.63) is 21.9 Å². The predicted molar refractivity (Wildman–Crippen MR) is 70.1 cm³/mol. The van der Waals surface area contributed by atoms with Gasteiger partial charge in [0, 0.05) is 28.6 Å². The molecule has 0 aromatic carbocycles. The Hall–Kier alpha value is -0.520. The fourth-order valence-electron chi connectivity index (χ4n) is 1.21. The van der Waals surface area contributed by atoms with E-state index in [1.807, 2.05) is 17.8 Å². The normalized spacial score (nSPS) is 10.4. The third-order valence-electron chi connectivity index (χ3n) is 2.05. The molecular formula is C11H17NO2S2. The summed E-state index contributed by atoms with van der Waals surface area (Å²) in [5, 5.41) is 3.36. The zero-order chi connectivity index (χ0) is 11.8. The molecule has 0 unspecified atom stereocenters. The van der Waals surface area contributed by atoms with E-state index in [1.54, 1.807) is 11.3 Å². The van der Waals surface area contributed by atoms with E-state index in [4.69, 9.17) is 0 Å². The molecule has 0 saturated carbocycles. The van der Waals surface area contributed by atoms with Gasteiger partial charge in [-0.25, -0.2) is 0 Å². The van der Waals surface area contributed by atoms with Crippen molar-refractivity contribution in [1.82, 2.24) is 5.32 Å². The number of ether oxygens (including phenoxy) is 1. The van der Waals surface area contributed by atoms with E-state index < -0.39 is 0 Å². The second-order valence-corrected chi connectivity index (χ2v) is 5.53. The van der Waals surface area contributed by atoms with Crippen LogP contribution in [0.2, 0.25) is 0 Å². The van der Waals surface area contributed by atoms with Gasteiger partial charge in [0.1, 0.15) is 0 Å². The van der Waals surface area contributed by atoms with Crippen LogP contribution in [0.15, 0.2) is 12.1 Å². The molecule has 5 heteroatoms. The fraction of sp³-hybridized carbons (Fsp3) is 0.545. The molecular weight excluding hydrogens is 242 g/mol. The molecule has 0 spiro atoms. The number of carbonyl (C=O) groups is 1. The average Bonchev–Trinajstić information content (AvgIpc) is 2.72. The minimum Gasteiger partial charge on any atom is -0.469 e. The van der Waals surface area contributed by atoms with Gasteiger partial charge >= 0.3 is 5.97 Å². The first-order valence-corrected chi connectivity index (χ1v) is 7.31. The molecule has 0 aliphatic carbocycles. The minimum atomic E-state index is -0.177. The molecule has 0 atom stereocenters. The van der Waals surface area contributed by atoms with Crippen molar-refractivity contribution >= 4 is 29.1 Å². The summed E-state index contributed by atoms with van der Waals surface area (Å²) in [6.07, 6.45) is 2.48. The molecule has 0 radical (unpaired) electrons. The zero-order valence-electron chi connectivity index (χ0n) is 9.62. The Morgan fingerprint density at radius 3 is 2.94 bits per heavy atom. The molecule has 1 rings (SSSR count). The highest BCUT2D eigenvalue weighted by Crippen LogP contribution is 2.17. The maximum absolute atomic E-state index is 11.1. The van der Waals surface area contributed by atoms with Crippen LogP contribution in [0.1, 0.15) is 9.75 Å². The molecule has 0 saturated heterocycles. The molecule has 0 aliphatic heterocycles. The minimum absolute atomic E-state index is 0.177. The van der Waals surface area contributed by atoms with Crippen molar-refractivity contribution in [2.45, 2.75) is 13.0 Å². The first kappa shape index (κ1) is 13.5. The van der Waals surface area contributed by atoms with E-state index in [1.165, 1.54) is 12.0 Å². The van der Waals surface area contributed by atoms with E-state index in [-0.39, 0.29) is 5.97 Å². The molecule has 1 aromatic rings. The van der Waals surface area contributed by atoms with Crippen LogP contribution in [-0.4, -0.2) is 31.6 Å². The zero-order valence-corrected chi connectivity index (χ0v) is 11.2. The summed E-state index contributed by atoms with van der Waals surface area (Å²) < 4.78 is 4.63. The van der Waals surface area contributed by atoms with E-state index in [0.717, 1.165) is 23.7 Å². The van der Waals surface area contributed by atoms with Crippen LogP contribution in [-0.2, 0) is 22.5 Å². The lowest BCUT2D eigenvalue weighted by molar-refractivity contribution is -0.139. The Morgan fingerprint density at radius 1 is 1.50 bits per heavy atom. The van der Waals surface area contributed by atoms with Crippen LogP contribution >= 0.6 is 23.1 Å². The smallest absolute Gasteiger partial charge is 0.310 e. The van der Waals surface area contributed by atoms with Gasteiger partial charge in [-0.1, -0.05) is 0 Å². The molecule has 0 aliphatic rings. The largest absolute Gasteiger partial charge is 0.469 e. The number of hydrogen-bond donors (Lipinski definition) is 1. The van der Waals surface area contributed by atoms with E-state index in [2.05, 4.69) is 22.4 Å². The standard InChI is InChI=1S/C11H17NO2S2/c1-14-11(13)7-9-3-4-10(16-9)8-12-5-6-15-2/h3-4,12H,5-8H2,1-2H3. The van der Waals surface area contributed by atoms with Crippen LogP contribution in [0, 0.1) is 0 Å². The third kappa shape index (κ3) is 5.01. The SMILES string of the molecule is COC(=O)Cc1ccc(CNCCSC)s1. The lowest BCUT2D eigenvalue weighted by Gasteiger charge is -2.00. The molecule has 1 N–H and O–H groups in total. The number of esters is 1. The van der Waals surface area contributed by atoms with Gasteiger partial charge in [0.15, 0.2) is 0 Å². The van der Waals surface area contributed by atoms with Gasteiger partial charge in [-0.3, -0.25) is 4.79 Å². The maximum atomic E-state index is 11.1. The molecule has 0 bridgehead atoms. The summed E-state index contributed by atoms with van der Waals surface area (Å²) in [7, 11) is 1.42. The Kier molecular flexibility index (Phi) is 6.52. The van der Waals surface area contributed by atoms with Crippen molar-refractivity contribution < 1.29 is 9.53 Å². The fourth-order valence-corrected chi connectivity index (χ4v) is 2.53. The molecule has 0 fully saturated rings. The number of rotatable bonds is 7. The quantitative estimate of drug-likeness (QED) is 0.600. The Balaban J connectivity index is 2.30. The van der Waals surface area contributed by atoms with E-state index in [0.29, 0.717) is 6.42 Å². The monoisotopic (exact) mass is 259 g/mol. The number of thiophene rings is 1. The van der Waals surface area contributed by atoms with Crippen molar-refractivity contribution in [1.29, 1.82) is 0 Å². The summed E-state index contributed by atoms with van der Waals surface area (Å²) >= 11 is 3.50. The van der Waals surface area contributed by atoms with Gasteiger partial charge < -0.3 is 10.1 Å². The summed E-state index contributed by atoms with van der Waals surface area (Å²) in [5.74, 6) is 0.948. The van der Waals surface area contributed by atoms with Crippen molar-refractivity contribution in [3.8, 4) is 0 Å². The van der Waals surface area contributed by atoms with Gasteiger partial charge in [-0.2, -0.15) is 11.8 Å². The topological polar surface area (TPSA) is 38.3 Å². The van der Waals surface area contributed by atoms with Crippen molar-refractivity contribution in [2.75, 3.05) is 25.7 Å². The number of thioether (sulfide) groups is 1. The number of carbonyl (C=O) groups excluding carboxylic acids is 1. The molecule has 16 heavy (non-hydrogen) atoms. The highest BCUT2D eigenvalue weighted by atomic mass is 32.2. The highest BCUT2D eigenvalue weighted by molar-refractivity contribution is 7.98. The first-order chi connectivity index (χ1) is 7.76. The second-order valence-electron chi connectivity index (χ2n) is 3.29. The van der Waals surface area contributed by atoms with E-state index >= 15 is 0 Å². The van der Waals surface area contributed by atoms with Crippen LogP contribution in [0.5, 0.6) is 0 Å². The number of hydrogen-bond acceptors (Lipinski definition) is 5. The maximum Gasteiger partial charge on any atom is 0.310 e. The molecule has 90 valence electrons. The molecule has 1 aromatic heterocycles. The average molecular weight is 259 g/mol. The molecule has 1 heterocycles.